The number of hydrogen-bond acceptors (Lipinski definition) is 8. The zero-order chi connectivity index (χ0) is 23.4. The highest BCUT2D eigenvalue weighted by Crippen LogP contribution is 2.34. The number of nitrogens with two attached hydrogens (primary N) is 1. The van der Waals surface area contributed by atoms with Gasteiger partial charge in [-0.1, -0.05) is 0 Å². The van der Waals surface area contributed by atoms with Gasteiger partial charge in [0, 0.05) is 18.7 Å². The summed E-state index contributed by atoms with van der Waals surface area (Å²) >= 11 is 0. The van der Waals surface area contributed by atoms with Crippen molar-refractivity contribution in [1.82, 2.24) is 34.3 Å². The van der Waals surface area contributed by atoms with E-state index < -0.39 is 17.6 Å². The average Bonchev–Trinajstić information content (AvgIpc) is 3.23. The number of anilines is 1. The number of benzene rings is 1. The van der Waals surface area contributed by atoms with Crippen molar-refractivity contribution in [2.24, 2.45) is 7.05 Å². The van der Waals surface area contributed by atoms with E-state index in [1.54, 1.807) is 31.6 Å². The van der Waals surface area contributed by atoms with Crippen LogP contribution in [0.5, 0.6) is 5.75 Å². The molecule has 2 bridgehead atoms. The van der Waals surface area contributed by atoms with Crippen LogP contribution in [0.4, 0.5) is 10.2 Å². The molecule has 4 aromatic rings. The van der Waals surface area contributed by atoms with Crippen molar-refractivity contribution in [3.8, 4) is 28.8 Å². The summed E-state index contributed by atoms with van der Waals surface area (Å²) < 4.78 is 24.7. The van der Waals surface area contributed by atoms with Gasteiger partial charge in [-0.25, -0.2) is 9.18 Å². The van der Waals surface area contributed by atoms with Crippen LogP contribution < -0.4 is 16.2 Å². The predicted molar refractivity (Wildman–Crippen MR) is 114 cm³/mol. The highest BCUT2D eigenvalue weighted by atomic mass is 19.1. The molecule has 1 atom stereocenters. The molecule has 2 N–H and O–H groups in total. The van der Waals surface area contributed by atoms with E-state index >= 15 is 0 Å². The molecule has 0 saturated carbocycles. The number of halogens is 1. The normalized spacial score (nSPS) is 14.7. The number of ether oxygens (including phenoxy) is 1. The summed E-state index contributed by atoms with van der Waals surface area (Å²) in [7, 11) is 1.64. The second-order valence-corrected chi connectivity index (χ2v) is 7.66. The summed E-state index contributed by atoms with van der Waals surface area (Å²) in [5.74, 6) is 0.168. The highest BCUT2D eigenvalue weighted by Gasteiger charge is 2.26. The van der Waals surface area contributed by atoms with Crippen LogP contribution in [-0.4, -0.2) is 34.3 Å². The molecule has 5 rings (SSSR count). The molecule has 0 amide bonds. The van der Waals surface area contributed by atoms with Crippen molar-refractivity contribution in [2.75, 3.05) is 5.73 Å². The second-order valence-electron chi connectivity index (χ2n) is 7.66. The Hall–Kier alpha value is -4.53. The van der Waals surface area contributed by atoms with Crippen LogP contribution in [0.2, 0.25) is 0 Å². The Bertz CT molecular complexity index is 1530. The zero-order valence-electron chi connectivity index (χ0n) is 17.9. The molecular weight excluding hydrogens is 429 g/mol. The molecule has 1 aliphatic rings. The third kappa shape index (κ3) is 3.13. The molecule has 0 radical (unpaired) electrons. The molecule has 0 spiro atoms. The van der Waals surface area contributed by atoms with Crippen LogP contribution in [0.15, 0.2) is 29.1 Å². The van der Waals surface area contributed by atoms with Crippen LogP contribution in [0.1, 0.15) is 35.8 Å². The number of aromatic nitrogens is 7. The summed E-state index contributed by atoms with van der Waals surface area (Å²) in [6.07, 6.45) is -0.714. The maximum absolute atomic E-state index is 14.2. The second kappa shape index (κ2) is 7.27. The molecule has 1 aromatic carbocycles. The zero-order valence-corrected chi connectivity index (χ0v) is 17.9. The van der Waals surface area contributed by atoms with Gasteiger partial charge < -0.3 is 10.5 Å². The number of aryl methyl sites for hydroxylation is 2. The number of nitrogen functional groups attached to an aromatic ring is 1. The van der Waals surface area contributed by atoms with Gasteiger partial charge in [0.25, 0.3) is 0 Å². The largest absolute Gasteiger partial charge is 0.482 e. The van der Waals surface area contributed by atoms with E-state index in [0.717, 1.165) is 0 Å². The van der Waals surface area contributed by atoms with E-state index in [1.807, 2.05) is 0 Å². The number of fused-ring (bicyclic) bond motifs is 7. The van der Waals surface area contributed by atoms with Crippen molar-refractivity contribution in [3.63, 3.8) is 0 Å². The van der Waals surface area contributed by atoms with Gasteiger partial charge >= 0.3 is 5.69 Å². The van der Waals surface area contributed by atoms with Crippen molar-refractivity contribution in [2.45, 2.75) is 26.5 Å². The summed E-state index contributed by atoms with van der Waals surface area (Å²) in [6.45, 7) is 3.49. The third-order valence-corrected chi connectivity index (χ3v) is 5.58. The first-order valence-electron chi connectivity index (χ1n) is 10.0. The standard InChI is InChI=1S/C21H18FN9O2/c1-10-13-6-12(22)4-5-16(13)31-21(32)25-11(2)30(31)9-15-19(17(8-23)29(3)28-15)14-7-18(33-10)20(24)27-26-14/h4-7,10H,9H2,1-3H3,(H2,24,27). The Balaban J connectivity index is 1.89. The molecule has 33 heavy (non-hydrogen) atoms. The summed E-state index contributed by atoms with van der Waals surface area (Å²) in [4.78, 5) is 17.0. The molecule has 4 heterocycles. The minimum atomic E-state index is -0.714. The molecule has 166 valence electrons. The Morgan fingerprint density at radius 1 is 1.30 bits per heavy atom. The fourth-order valence-corrected chi connectivity index (χ4v) is 4.04. The van der Waals surface area contributed by atoms with Crippen molar-refractivity contribution < 1.29 is 9.13 Å². The van der Waals surface area contributed by atoms with Gasteiger partial charge in [-0.3, -0.25) is 9.36 Å². The fourth-order valence-electron chi connectivity index (χ4n) is 4.04. The summed E-state index contributed by atoms with van der Waals surface area (Å²) in [5, 5.41) is 22.4. The first-order chi connectivity index (χ1) is 15.8. The molecule has 11 nitrogen and oxygen atoms in total. The van der Waals surface area contributed by atoms with Crippen LogP contribution in [0.3, 0.4) is 0 Å². The van der Waals surface area contributed by atoms with Crippen molar-refractivity contribution >= 4 is 5.82 Å². The smallest absolute Gasteiger partial charge is 0.368 e. The van der Waals surface area contributed by atoms with E-state index in [0.29, 0.717) is 34.0 Å². The molecule has 0 fully saturated rings. The lowest BCUT2D eigenvalue weighted by Gasteiger charge is -2.22. The van der Waals surface area contributed by atoms with E-state index in [1.165, 1.54) is 27.6 Å². The van der Waals surface area contributed by atoms with Crippen molar-refractivity contribution in [1.29, 1.82) is 5.26 Å². The Kier molecular flexibility index (Phi) is 4.49. The van der Waals surface area contributed by atoms with E-state index in [9.17, 15) is 14.4 Å². The highest BCUT2D eigenvalue weighted by molar-refractivity contribution is 5.70. The lowest BCUT2D eigenvalue weighted by atomic mass is 10.1. The maximum Gasteiger partial charge on any atom is 0.368 e. The lowest BCUT2D eigenvalue weighted by molar-refractivity contribution is 0.226. The number of nitrogens with zero attached hydrogens (tertiary/aromatic N) is 8. The van der Waals surface area contributed by atoms with Gasteiger partial charge in [0.15, 0.2) is 11.6 Å². The van der Waals surface area contributed by atoms with Crippen LogP contribution >= 0.6 is 0 Å². The van der Waals surface area contributed by atoms with Crippen LogP contribution in [-0.2, 0) is 13.6 Å². The summed E-state index contributed by atoms with van der Waals surface area (Å²) in [5.41, 5.74) is 7.76. The Morgan fingerprint density at radius 2 is 2.09 bits per heavy atom. The van der Waals surface area contributed by atoms with Crippen LogP contribution in [0, 0.1) is 24.1 Å². The summed E-state index contributed by atoms with van der Waals surface area (Å²) in [6, 6.07) is 7.78. The quantitative estimate of drug-likeness (QED) is 0.428. The first kappa shape index (κ1) is 20.4. The topological polar surface area (TPSA) is 142 Å². The lowest BCUT2D eigenvalue weighted by Crippen LogP contribution is -2.25. The SMILES string of the molecule is Cc1nc(=O)n2n1Cc1nn(C)c(C#N)c1-c1cc(c(N)nn1)OC(C)c1cc(F)ccc1-2. The Labute approximate surface area is 186 Å². The molecule has 0 saturated heterocycles. The molecular formula is C21H18FN9O2. The van der Waals surface area contributed by atoms with Crippen molar-refractivity contribution in [3.05, 3.63) is 63.3 Å². The van der Waals surface area contributed by atoms with E-state index in [-0.39, 0.29) is 23.8 Å². The first-order valence-corrected chi connectivity index (χ1v) is 10.0. The van der Waals surface area contributed by atoms with Crippen LogP contribution in [0.25, 0.3) is 16.9 Å². The predicted octanol–water partition coefficient (Wildman–Crippen LogP) is 1.63. The number of nitriles is 1. The third-order valence-electron chi connectivity index (χ3n) is 5.58. The molecule has 1 aliphatic heterocycles. The van der Waals surface area contributed by atoms with Gasteiger partial charge in [-0.05, 0) is 32.0 Å². The number of rotatable bonds is 0. The monoisotopic (exact) mass is 447 g/mol. The van der Waals surface area contributed by atoms with E-state index in [4.69, 9.17) is 10.5 Å². The fraction of sp³-hybridized carbons (Fsp3) is 0.238. The molecule has 12 heteroatoms. The minimum Gasteiger partial charge on any atom is -0.482 e. The van der Waals surface area contributed by atoms with Gasteiger partial charge in [-0.2, -0.15) is 20.0 Å². The maximum atomic E-state index is 14.2. The molecule has 0 aliphatic carbocycles. The molecule has 1 unspecified atom stereocenters. The van der Waals surface area contributed by atoms with E-state index in [2.05, 4.69) is 26.3 Å². The van der Waals surface area contributed by atoms with Gasteiger partial charge in [0.05, 0.1) is 23.5 Å². The van der Waals surface area contributed by atoms with Gasteiger partial charge in [0.1, 0.15) is 35.2 Å². The minimum absolute atomic E-state index is 0.0302. The van der Waals surface area contributed by atoms with Gasteiger partial charge in [0.2, 0.25) is 0 Å². The Morgan fingerprint density at radius 3 is 2.85 bits per heavy atom. The van der Waals surface area contributed by atoms with Gasteiger partial charge in [-0.15, -0.1) is 10.2 Å². The molecule has 3 aromatic heterocycles. The average molecular weight is 447 g/mol. The number of hydrogen-bond donors (Lipinski definition) is 1.